The molecule has 20 atom stereocenters. The molecule has 3 aromatic carbocycles. The van der Waals surface area contributed by atoms with Gasteiger partial charge in [0, 0.05) is 23.6 Å². The fourth-order valence-electron chi connectivity index (χ4n) is 10.9. The Bertz CT molecular complexity index is 2910. The SMILES string of the molecule is CCC[C@H](OC1C(OC(=O)c2ccccc2)[C@H](O[C@@H]2CC(C(=O)NCCO[C@H]3O[C@H](CO)[C@@H](O)C(n4cc(-c5cccc(C)c5)nn4)C3O)C[C@@H](n3cc(-c4ccccc4)nn3)C2O[C@@H]2OC(C)[C@@H](O)[C@H](O)C2O)OC(CO)[C@@H]1O)C(=O)O. The summed E-state index contributed by atoms with van der Waals surface area (Å²) in [6.45, 7) is 3.09. The van der Waals surface area contributed by atoms with Crippen molar-refractivity contribution < 1.29 is 98.2 Å². The molecule has 3 saturated heterocycles. The maximum atomic E-state index is 14.7. The minimum absolute atomic E-state index is 0.0402. The van der Waals surface area contributed by atoms with Crippen molar-refractivity contribution in [2.24, 2.45) is 5.92 Å². The van der Waals surface area contributed by atoms with Gasteiger partial charge in [-0.15, -0.1) is 10.2 Å². The number of rotatable bonds is 22. The van der Waals surface area contributed by atoms with Gasteiger partial charge in [-0.1, -0.05) is 96.1 Å². The Morgan fingerprint density at radius 1 is 0.699 bits per heavy atom. The summed E-state index contributed by atoms with van der Waals surface area (Å²) < 4.78 is 52.2. The number of aryl methyl sites for hydroxylation is 1. The number of esters is 1. The van der Waals surface area contributed by atoms with Crippen LogP contribution < -0.4 is 5.32 Å². The second-order valence-electron chi connectivity index (χ2n) is 21.1. The second-order valence-corrected chi connectivity index (χ2v) is 21.1. The molecule has 0 bridgehead atoms. The van der Waals surface area contributed by atoms with Crippen molar-refractivity contribution >= 4 is 17.8 Å². The van der Waals surface area contributed by atoms with Crippen LogP contribution in [0.3, 0.4) is 0 Å². The van der Waals surface area contributed by atoms with Crippen molar-refractivity contribution in [3.8, 4) is 22.5 Å². The van der Waals surface area contributed by atoms with E-state index >= 15 is 0 Å². The third-order valence-electron chi connectivity index (χ3n) is 15.3. The molecular formula is C56H71N7O20. The first-order valence-corrected chi connectivity index (χ1v) is 27.6. The number of aliphatic hydroxyl groups is 8. The average Bonchev–Trinajstić information content (AvgIpc) is 4.26. The van der Waals surface area contributed by atoms with Gasteiger partial charge in [0.25, 0.3) is 0 Å². The Morgan fingerprint density at radius 3 is 2.04 bits per heavy atom. The van der Waals surface area contributed by atoms with Gasteiger partial charge in [0.05, 0.1) is 56.0 Å². The first-order valence-electron chi connectivity index (χ1n) is 27.6. The Morgan fingerprint density at radius 2 is 1.35 bits per heavy atom. The zero-order valence-electron chi connectivity index (χ0n) is 45.6. The summed E-state index contributed by atoms with van der Waals surface area (Å²) in [6, 6.07) is 21.9. The smallest absolute Gasteiger partial charge is 0.338 e. The number of carbonyl (C=O) groups is 3. The van der Waals surface area contributed by atoms with Crippen molar-refractivity contribution in [2.75, 3.05) is 26.4 Å². The molecule has 10 N–H and O–H groups in total. The normalized spacial score (nSPS) is 33.3. The maximum absolute atomic E-state index is 14.7. The second kappa shape index (κ2) is 27.6. The highest BCUT2D eigenvalue weighted by Gasteiger charge is 2.55. The number of hydrogen-bond donors (Lipinski definition) is 10. The van der Waals surface area contributed by atoms with Gasteiger partial charge in [-0.05, 0) is 51.3 Å². The quantitative estimate of drug-likeness (QED) is 0.0317. The molecule has 27 nitrogen and oxygen atoms in total. The fraction of sp³-hybridized carbons (Fsp3) is 0.554. The molecule has 1 saturated carbocycles. The Balaban J connectivity index is 1.02. The van der Waals surface area contributed by atoms with Gasteiger partial charge < -0.3 is 89.2 Å². The lowest BCUT2D eigenvalue weighted by Crippen LogP contribution is -2.64. The number of aliphatic carboxylic acids is 1. The minimum atomic E-state index is -1.85. The van der Waals surface area contributed by atoms with Crippen LogP contribution in [0.15, 0.2) is 97.3 Å². The molecule has 4 aliphatic rings. The van der Waals surface area contributed by atoms with E-state index in [1.165, 1.54) is 28.4 Å². The van der Waals surface area contributed by atoms with Crippen molar-refractivity contribution in [3.63, 3.8) is 0 Å². The van der Waals surface area contributed by atoms with Crippen molar-refractivity contribution in [1.29, 1.82) is 0 Å². The number of nitrogens with one attached hydrogen (secondary N) is 1. The summed E-state index contributed by atoms with van der Waals surface area (Å²) in [6.07, 6.45) is -23.6. The van der Waals surface area contributed by atoms with Crippen LogP contribution in [-0.2, 0) is 47.5 Å². The molecule has 3 aliphatic heterocycles. The number of carboxylic acid groups (broad SMARTS) is 1. The van der Waals surface area contributed by atoms with Crippen molar-refractivity contribution in [2.45, 2.75) is 163 Å². The molecular weight excluding hydrogens is 1090 g/mol. The number of aromatic nitrogens is 6. The lowest BCUT2D eigenvalue weighted by atomic mass is 9.80. The third kappa shape index (κ3) is 14.0. The highest BCUT2D eigenvalue weighted by molar-refractivity contribution is 5.89. The predicted octanol–water partition coefficient (Wildman–Crippen LogP) is -0.184. The Kier molecular flexibility index (Phi) is 20.4. The first kappa shape index (κ1) is 61.3. The number of carboxylic acids is 1. The number of hydrogen-bond acceptors (Lipinski definition) is 23. The van der Waals surface area contributed by atoms with Crippen LogP contribution in [0.2, 0.25) is 0 Å². The summed E-state index contributed by atoms with van der Waals surface area (Å²) in [4.78, 5) is 41.3. The highest BCUT2D eigenvalue weighted by Crippen LogP contribution is 2.42. The predicted molar refractivity (Wildman–Crippen MR) is 284 cm³/mol. The van der Waals surface area contributed by atoms with Gasteiger partial charge in [0.2, 0.25) is 5.91 Å². The molecule has 2 aromatic heterocycles. The van der Waals surface area contributed by atoms with E-state index in [0.717, 1.165) is 11.1 Å². The van der Waals surface area contributed by atoms with Crippen LogP contribution in [0, 0.1) is 12.8 Å². The molecule has 0 radical (unpaired) electrons. The van der Waals surface area contributed by atoms with E-state index in [9.17, 15) is 60.3 Å². The molecule has 9 unspecified atom stereocenters. The van der Waals surface area contributed by atoms with E-state index in [2.05, 4.69) is 25.9 Å². The van der Waals surface area contributed by atoms with Gasteiger partial charge in [-0.25, -0.2) is 19.0 Å². The van der Waals surface area contributed by atoms with E-state index in [4.69, 9.17) is 37.9 Å². The first-order chi connectivity index (χ1) is 40.0. The molecule has 5 heterocycles. The molecule has 1 aliphatic carbocycles. The molecule has 1 amide bonds. The zero-order valence-corrected chi connectivity index (χ0v) is 45.6. The highest BCUT2D eigenvalue weighted by atomic mass is 16.7. The van der Waals surface area contributed by atoms with E-state index < -0.39 is 153 Å². The van der Waals surface area contributed by atoms with E-state index in [1.807, 2.05) is 37.3 Å². The molecule has 0 spiro atoms. The Hall–Kier alpha value is -6.25. The van der Waals surface area contributed by atoms with Gasteiger partial charge in [-0.3, -0.25) is 4.79 Å². The lowest BCUT2D eigenvalue weighted by Gasteiger charge is -2.48. The monoisotopic (exact) mass is 1160 g/mol. The Labute approximate surface area is 476 Å². The van der Waals surface area contributed by atoms with Crippen LogP contribution in [0.25, 0.3) is 22.5 Å². The van der Waals surface area contributed by atoms with Crippen LogP contribution >= 0.6 is 0 Å². The number of nitrogens with zero attached hydrogens (tertiary/aromatic N) is 6. The van der Waals surface area contributed by atoms with Crippen molar-refractivity contribution in [1.82, 2.24) is 35.3 Å². The third-order valence-corrected chi connectivity index (χ3v) is 15.3. The minimum Gasteiger partial charge on any atom is -0.479 e. The fourth-order valence-corrected chi connectivity index (χ4v) is 10.9. The van der Waals surface area contributed by atoms with E-state index in [1.54, 1.807) is 61.8 Å². The van der Waals surface area contributed by atoms with E-state index in [-0.39, 0.29) is 38.0 Å². The summed E-state index contributed by atoms with van der Waals surface area (Å²) in [5.41, 5.74) is 3.29. The van der Waals surface area contributed by atoms with Gasteiger partial charge in [0.1, 0.15) is 78.5 Å². The molecule has 27 heteroatoms. The topological polar surface area (TPSA) is 381 Å². The summed E-state index contributed by atoms with van der Waals surface area (Å²) >= 11 is 0. The van der Waals surface area contributed by atoms with Crippen LogP contribution in [0.4, 0.5) is 0 Å². The lowest BCUT2D eigenvalue weighted by molar-refractivity contribution is -0.348. The van der Waals surface area contributed by atoms with Gasteiger partial charge in [0.15, 0.2) is 31.1 Å². The van der Waals surface area contributed by atoms with Crippen LogP contribution in [0.5, 0.6) is 0 Å². The molecule has 5 aromatic rings. The van der Waals surface area contributed by atoms with E-state index in [0.29, 0.717) is 23.4 Å². The largest absolute Gasteiger partial charge is 0.479 e. The molecule has 83 heavy (non-hydrogen) atoms. The number of amides is 1. The number of ether oxygens (including phenoxy) is 8. The van der Waals surface area contributed by atoms with Gasteiger partial charge in [-0.2, -0.15) is 0 Å². The maximum Gasteiger partial charge on any atom is 0.338 e. The number of carbonyl (C=O) groups excluding carboxylic acids is 2. The zero-order chi connectivity index (χ0) is 59.1. The standard InChI is InChI=1S/C56H71N7O20/c1-4-12-37(52(73)74)78-49-44(68)40(27-65)81-56(50(49)82-53(75)31-16-9-6-10-17-31)79-38-23-33(22-36(62-24-34(58-60-62)30-14-7-5-8-15-30)48(38)83-55-47(71)46(70)42(66)29(3)77-55)51(72)57-19-20-76-54-45(69)41(43(67)39(26-64)80-54)63-25-35(59-61-63)32-18-11-13-28(2)21-32/h5-11,13-18,21,24-25,29,33,36-50,54-56,64-71H,4,12,19-20,22-23,26-27H2,1-3H3,(H,57,72)(H,73,74)/t29?,33?,36-,37+,38-,39-,40?,41?,42-,43-,44+,45?,46+,47?,48?,49?,50?,54+,55+,56-/m1/s1. The summed E-state index contributed by atoms with van der Waals surface area (Å²) in [5, 5.41) is 119. The number of benzene rings is 3. The van der Waals surface area contributed by atoms with Crippen molar-refractivity contribution in [3.05, 3.63) is 108 Å². The molecule has 450 valence electrons. The average molecular weight is 1160 g/mol. The van der Waals surface area contributed by atoms with Crippen LogP contribution in [-0.4, -0.2) is 224 Å². The van der Waals surface area contributed by atoms with Crippen LogP contribution in [0.1, 0.15) is 67.5 Å². The summed E-state index contributed by atoms with van der Waals surface area (Å²) in [7, 11) is 0. The number of aliphatic hydroxyl groups excluding tert-OH is 8. The van der Waals surface area contributed by atoms with Gasteiger partial charge >= 0.3 is 11.9 Å². The molecule has 9 rings (SSSR count). The summed E-state index contributed by atoms with van der Waals surface area (Å²) in [5.74, 6) is -3.99. The molecule has 4 fully saturated rings.